The third-order valence-electron chi connectivity index (χ3n) is 2.93. The van der Waals surface area contributed by atoms with E-state index in [2.05, 4.69) is 0 Å². The molecule has 5 heteroatoms. The van der Waals surface area contributed by atoms with E-state index in [0.717, 1.165) is 5.56 Å². The number of hydrogen-bond donors (Lipinski definition) is 5. The Morgan fingerprint density at radius 3 is 2.22 bits per heavy atom. The van der Waals surface area contributed by atoms with E-state index in [0.29, 0.717) is 12.8 Å². The van der Waals surface area contributed by atoms with Gasteiger partial charge in [0.05, 0.1) is 5.92 Å². The van der Waals surface area contributed by atoms with Crippen LogP contribution in [-0.4, -0.2) is 37.6 Å². The van der Waals surface area contributed by atoms with E-state index in [1.807, 2.05) is 0 Å². The maximum absolute atomic E-state index is 9.62. The summed E-state index contributed by atoms with van der Waals surface area (Å²) in [6, 6.07) is 6.59. The molecule has 18 heavy (non-hydrogen) atoms. The van der Waals surface area contributed by atoms with Gasteiger partial charge in [-0.2, -0.15) is 0 Å². The van der Waals surface area contributed by atoms with Gasteiger partial charge in [0.1, 0.15) is 5.75 Å². The molecule has 101 valence electrons. The molecule has 0 bridgehead atoms. The number of aryl methyl sites for hydroxylation is 1. The SMILES string of the molecule is CC(C(O)O)C(O)(O)[CH]CCc1ccc(O)cc1. The Morgan fingerprint density at radius 1 is 1.17 bits per heavy atom. The number of benzene rings is 1. The van der Waals surface area contributed by atoms with Crippen LogP contribution in [0.4, 0.5) is 0 Å². The molecule has 0 saturated heterocycles. The molecule has 5 nitrogen and oxygen atoms in total. The van der Waals surface area contributed by atoms with Crippen LogP contribution in [0.2, 0.25) is 0 Å². The third kappa shape index (κ3) is 4.27. The molecule has 0 saturated carbocycles. The molecule has 0 fully saturated rings. The summed E-state index contributed by atoms with van der Waals surface area (Å²) >= 11 is 0. The molecule has 0 aliphatic carbocycles. The molecule has 5 N–H and O–H groups in total. The second kappa shape index (κ2) is 6.15. The van der Waals surface area contributed by atoms with Gasteiger partial charge in [-0.15, -0.1) is 0 Å². The molecule has 1 radical (unpaired) electrons. The van der Waals surface area contributed by atoms with Crippen LogP contribution < -0.4 is 0 Å². The van der Waals surface area contributed by atoms with Crippen LogP contribution in [0.15, 0.2) is 24.3 Å². The maximum atomic E-state index is 9.62. The number of hydrogen-bond acceptors (Lipinski definition) is 5. The number of aliphatic hydroxyl groups is 4. The minimum Gasteiger partial charge on any atom is -0.508 e. The summed E-state index contributed by atoms with van der Waals surface area (Å²) in [5.41, 5.74) is 0.942. The van der Waals surface area contributed by atoms with Crippen molar-refractivity contribution in [2.75, 3.05) is 0 Å². The van der Waals surface area contributed by atoms with Gasteiger partial charge in [0.25, 0.3) is 0 Å². The Balaban J connectivity index is 2.43. The van der Waals surface area contributed by atoms with Gasteiger partial charge in [-0.1, -0.05) is 19.1 Å². The van der Waals surface area contributed by atoms with Crippen LogP contribution in [0.3, 0.4) is 0 Å². The first-order valence-corrected chi connectivity index (χ1v) is 5.76. The van der Waals surface area contributed by atoms with Gasteiger partial charge in [0, 0.05) is 6.42 Å². The summed E-state index contributed by atoms with van der Waals surface area (Å²) in [5, 5.41) is 46.1. The van der Waals surface area contributed by atoms with Gasteiger partial charge in [-0.3, -0.25) is 0 Å². The standard InChI is InChI=1S/C13H19O5/c1-9(12(15)16)13(17,18)8-2-3-10-4-6-11(14)7-5-10/h4-9,12,14-18H,2-3H2,1H3. The van der Waals surface area contributed by atoms with Crippen LogP contribution in [0.25, 0.3) is 0 Å². The van der Waals surface area contributed by atoms with E-state index in [9.17, 15) is 10.2 Å². The lowest BCUT2D eigenvalue weighted by Crippen LogP contribution is -2.43. The lowest BCUT2D eigenvalue weighted by molar-refractivity contribution is -0.229. The highest BCUT2D eigenvalue weighted by molar-refractivity contribution is 5.26. The van der Waals surface area contributed by atoms with Crippen molar-refractivity contribution in [3.05, 3.63) is 36.2 Å². The summed E-state index contributed by atoms with van der Waals surface area (Å²) in [5.74, 6) is -3.12. The fourth-order valence-corrected chi connectivity index (χ4v) is 1.52. The molecular weight excluding hydrogens is 236 g/mol. The van der Waals surface area contributed by atoms with Crippen molar-refractivity contribution in [1.82, 2.24) is 0 Å². The van der Waals surface area contributed by atoms with Crippen molar-refractivity contribution in [3.63, 3.8) is 0 Å². The minimum absolute atomic E-state index is 0.179. The normalized spacial score (nSPS) is 13.9. The number of aliphatic hydroxyl groups excluding tert-OH is 1. The molecule has 0 aliphatic rings. The average molecular weight is 255 g/mol. The Bertz CT molecular complexity index is 358. The van der Waals surface area contributed by atoms with Crippen molar-refractivity contribution in [3.8, 4) is 5.75 Å². The molecule has 1 unspecified atom stereocenters. The number of rotatable bonds is 6. The zero-order valence-corrected chi connectivity index (χ0v) is 10.2. The lowest BCUT2D eigenvalue weighted by atomic mass is 9.94. The molecule has 1 aromatic carbocycles. The molecule has 0 heterocycles. The monoisotopic (exact) mass is 255 g/mol. The van der Waals surface area contributed by atoms with Crippen LogP contribution in [0.5, 0.6) is 5.75 Å². The molecule has 1 rings (SSSR count). The Kier molecular flexibility index (Phi) is 5.10. The van der Waals surface area contributed by atoms with Gasteiger partial charge in [-0.05, 0) is 30.5 Å². The summed E-state index contributed by atoms with van der Waals surface area (Å²) in [7, 11) is 0. The van der Waals surface area contributed by atoms with Crippen molar-refractivity contribution in [1.29, 1.82) is 0 Å². The van der Waals surface area contributed by atoms with Crippen LogP contribution in [0, 0.1) is 12.3 Å². The molecule has 0 aromatic heterocycles. The molecule has 1 aromatic rings. The largest absolute Gasteiger partial charge is 0.508 e. The smallest absolute Gasteiger partial charge is 0.173 e. The Hall–Kier alpha value is -1.14. The van der Waals surface area contributed by atoms with Crippen molar-refractivity contribution in [2.45, 2.75) is 31.8 Å². The van der Waals surface area contributed by atoms with Crippen LogP contribution >= 0.6 is 0 Å². The Morgan fingerprint density at radius 2 is 1.72 bits per heavy atom. The second-order valence-corrected chi connectivity index (χ2v) is 4.39. The molecular formula is C13H19O5. The fraction of sp³-hybridized carbons (Fsp3) is 0.462. The second-order valence-electron chi connectivity index (χ2n) is 4.39. The topological polar surface area (TPSA) is 101 Å². The van der Waals surface area contributed by atoms with Gasteiger partial charge in [-0.25, -0.2) is 0 Å². The van der Waals surface area contributed by atoms with Gasteiger partial charge < -0.3 is 25.5 Å². The highest BCUT2D eigenvalue weighted by Gasteiger charge is 2.34. The molecule has 0 aliphatic heterocycles. The molecule has 0 amide bonds. The lowest BCUT2D eigenvalue weighted by Gasteiger charge is -2.29. The van der Waals surface area contributed by atoms with E-state index in [4.69, 9.17) is 15.3 Å². The van der Waals surface area contributed by atoms with Crippen molar-refractivity contribution < 1.29 is 25.5 Å². The minimum atomic E-state index is -2.22. The van der Waals surface area contributed by atoms with Gasteiger partial charge >= 0.3 is 0 Å². The Labute approximate surface area is 106 Å². The zero-order valence-electron chi connectivity index (χ0n) is 10.2. The first kappa shape index (κ1) is 14.9. The average Bonchev–Trinajstić information content (AvgIpc) is 2.30. The predicted molar refractivity (Wildman–Crippen MR) is 65.3 cm³/mol. The number of aromatic hydroxyl groups is 1. The predicted octanol–water partition coefficient (Wildman–Crippen LogP) is 0.157. The highest BCUT2D eigenvalue weighted by atomic mass is 16.5. The summed E-state index contributed by atoms with van der Waals surface area (Å²) < 4.78 is 0. The summed E-state index contributed by atoms with van der Waals surface area (Å²) in [4.78, 5) is 0. The van der Waals surface area contributed by atoms with Gasteiger partial charge in [0.2, 0.25) is 0 Å². The summed E-state index contributed by atoms with van der Waals surface area (Å²) in [6.07, 6.45) is 0.390. The van der Waals surface area contributed by atoms with E-state index < -0.39 is 18.0 Å². The van der Waals surface area contributed by atoms with E-state index >= 15 is 0 Å². The number of phenols is 1. The van der Waals surface area contributed by atoms with E-state index in [-0.39, 0.29) is 5.75 Å². The van der Waals surface area contributed by atoms with E-state index in [1.54, 1.807) is 24.3 Å². The zero-order chi connectivity index (χ0) is 13.8. The van der Waals surface area contributed by atoms with Crippen LogP contribution in [0.1, 0.15) is 18.9 Å². The number of phenolic OH excluding ortho intramolecular Hbond substituents is 1. The van der Waals surface area contributed by atoms with E-state index in [1.165, 1.54) is 13.3 Å². The molecule has 0 spiro atoms. The fourth-order valence-electron chi connectivity index (χ4n) is 1.52. The van der Waals surface area contributed by atoms with Crippen molar-refractivity contribution >= 4 is 0 Å². The molecule has 1 atom stereocenters. The van der Waals surface area contributed by atoms with Crippen LogP contribution in [-0.2, 0) is 6.42 Å². The summed E-state index contributed by atoms with van der Waals surface area (Å²) in [6.45, 7) is 1.34. The van der Waals surface area contributed by atoms with Crippen molar-refractivity contribution in [2.24, 2.45) is 5.92 Å². The maximum Gasteiger partial charge on any atom is 0.173 e. The van der Waals surface area contributed by atoms with Gasteiger partial charge in [0.15, 0.2) is 12.1 Å². The first-order chi connectivity index (χ1) is 8.33. The first-order valence-electron chi connectivity index (χ1n) is 5.76. The quantitative estimate of drug-likeness (QED) is 0.466. The third-order valence-corrected chi connectivity index (χ3v) is 2.93. The highest BCUT2D eigenvalue weighted by Crippen LogP contribution is 2.22.